The molecule has 6 rings (SSSR count). The molecule has 1 aromatic carbocycles. The third kappa shape index (κ3) is 4.83. The van der Waals surface area contributed by atoms with Gasteiger partial charge in [0.15, 0.2) is 0 Å². The minimum atomic E-state index is -0.212. The van der Waals surface area contributed by atoms with E-state index in [1.165, 1.54) is 5.56 Å². The Kier molecular flexibility index (Phi) is 6.70. The number of anilines is 1. The van der Waals surface area contributed by atoms with E-state index in [1.807, 2.05) is 53.3 Å². The summed E-state index contributed by atoms with van der Waals surface area (Å²) in [5.74, 6) is 0.711. The van der Waals surface area contributed by atoms with Crippen LogP contribution in [0.4, 0.5) is 5.82 Å². The zero-order chi connectivity index (χ0) is 26.1. The van der Waals surface area contributed by atoms with Gasteiger partial charge in [-0.3, -0.25) is 14.3 Å². The normalized spacial score (nSPS) is 19.3. The van der Waals surface area contributed by atoms with Gasteiger partial charge in [0.2, 0.25) is 11.8 Å². The SMILES string of the molecule is Cn1nc2c(c1NC(=O)[C@H]1CCN(C(=O)CCc3cnc4[nH]ccc4c3)C[C@@H]1c1ccccc1)CCCC2. The average molecular weight is 511 g/mol. The van der Waals surface area contributed by atoms with Gasteiger partial charge in [-0.2, -0.15) is 5.10 Å². The highest BCUT2D eigenvalue weighted by Crippen LogP contribution is 2.35. The lowest BCUT2D eigenvalue weighted by Crippen LogP contribution is -2.46. The fourth-order valence-electron chi connectivity index (χ4n) is 6.11. The average Bonchev–Trinajstić information content (AvgIpc) is 3.55. The first kappa shape index (κ1) is 24.4. The Hall–Kier alpha value is -3.94. The van der Waals surface area contributed by atoms with Crippen molar-refractivity contribution in [3.05, 3.63) is 77.2 Å². The number of likely N-dealkylation sites (tertiary alicyclic amines) is 1. The van der Waals surface area contributed by atoms with Gasteiger partial charge in [0.25, 0.3) is 0 Å². The second kappa shape index (κ2) is 10.4. The maximum absolute atomic E-state index is 13.7. The van der Waals surface area contributed by atoms with Crippen molar-refractivity contribution in [3.63, 3.8) is 0 Å². The molecular weight excluding hydrogens is 476 g/mol. The molecule has 0 spiro atoms. The molecule has 0 radical (unpaired) electrons. The van der Waals surface area contributed by atoms with Crippen molar-refractivity contribution in [2.45, 2.75) is 50.9 Å². The smallest absolute Gasteiger partial charge is 0.229 e. The number of carbonyl (C=O) groups is 2. The summed E-state index contributed by atoms with van der Waals surface area (Å²) in [6, 6.07) is 14.2. The molecule has 38 heavy (non-hydrogen) atoms. The van der Waals surface area contributed by atoms with Gasteiger partial charge in [0.05, 0.1) is 5.69 Å². The van der Waals surface area contributed by atoms with Crippen LogP contribution >= 0.6 is 0 Å². The maximum atomic E-state index is 13.7. The summed E-state index contributed by atoms with van der Waals surface area (Å²) in [6.45, 7) is 1.12. The molecule has 8 heteroatoms. The number of hydrogen-bond acceptors (Lipinski definition) is 4. The second-order valence-corrected chi connectivity index (χ2v) is 10.6. The number of aryl methyl sites for hydroxylation is 3. The van der Waals surface area contributed by atoms with Gasteiger partial charge in [-0.1, -0.05) is 30.3 Å². The Morgan fingerprint density at radius 2 is 1.97 bits per heavy atom. The summed E-state index contributed by atoms with van der Waals surface area (Å²) in [4.78, 5) is 36.5. The molecule has 1 fully saturated rings. The standard InChI is InChI=1S/C30H34N6O2/c1-35-29(24-9-5-6-10-26(24)34-35)33-30(38)23-14-16-36(19-25(23)21-7-3-2-4-8-21)27(37)12-11-20-17-22-13-15-31-28(22)32-18-20/h2-4,7-8,13,15,17-18,23,25H,5-6,9-12,14,16,19H2,1H3,(H,31,32)(H,33,38)/t23-,25+/m0/s1. The monoisotopic (exact) mass is 510 g/mol. The quantitative estimate of drug-likeness (QED) is 0.402. The van der Waals surface area contributed by atoms with Crippen LogP contribution < -0.4 is 5.32 Å². The number of hydrogen-bond donors (Lipinski definition) is 2. The van der Waals surface area contributed by atoms with E-state index in [0.717, 1.165) is 59.4 Å². The number of fused-ring (bicyclic) bond motifs is 2. The lowest BCUT2D eigenvalue weighted by molar-refractivity contribution is -0.135. The van der Waals surface area contributed by atoms with Crippen LogP contribution in [0.15, 0.2) is 54.9 Å². The number of rotatable bonds is 6. The number of aromatic nitrogens is 4. The second-order valence-electron chi connectivity index (χ2n) is 10.6. The number of benzene rings is 1. The first-order chi connectivity index (χ1) is 18.6. The lowest BCUT2D eigenvalue weighted by Gasteiger charge is -2.38. The third-order valence-electron chi connectivity index (χ3n) is 8.17. The molecule has 1 saturated heterocycles. The van der Waals surface area contributed by atoms with Crippen LogP contribution in [0, 0.1) is 5.92 Å². The predicted molar refractivity (Wildman–Crippen MR) is 147 cm³/mol. The molecule has 1 aliphatic heterocycles. The number of nitrogens with one attached hydrogen (secondary N) is 2. The van der Waals surface area contributed by atoms with Gasteiger partial charge in [0.1, 0.15) is 11.5 Å². The highest BCUT2D eigenvalue weighted by atomic mass is 16.2. The van der Waals surface area contributed by atoms with Crippen LogP contribution in [0.2, 0.25) is 0 Å². The van der Waals surface area contributed by atoms with E-state index in [1.54, 1.807) is 0 Å². The molecule has 0 saturated carbocycles. The molecule has 8 nitrogen and oxygen atoms in total. The molecule has 2 aliphatic rings. The molecule has 0 bridgehead atoms. The first-order valence-corrected chi connectivity index (χ1v) is 13.7. The Labute approximate surface area is 222 Å². The van der Waals surface area contributed by atoms with Crippen LogP contribution in [0.1, 0.15) is 54.0 Å². The Bertz CT molecular complexity index is 1460. The summed E-state index contributed by atoms with van der Waals surface area (Å²) in [5, 5.41) is 8.96. The molecule has 2 atom stereocenters. The molecule has 4 heterocycles. The number of amides is 2. The van der Waals surface area contributed by atoms with Gasteiger partial charge in [0, 0.05) is 61.7 Å². The Balaban J connectivity index is 1.16. The van der Waals surface area contributed by atoms with Gasteiger partial charge in [-0.05, 0) is 61.8 Å². The fraction of sp³-hybridized carbons (Fsp3) is 0.400. The summed E-state index contributed by atoms with van der Waals surface area (Å²) in [5.41, 5.74) is 5.30. The van der Waals surface area contributed by atoms with E-state index in [4.69, 9.17) is 0 Å². The van der Waals surface area contributed by atoms with Gasteiger partial charge in [-0.15, -0.1) is 0 Å². The zero-order valence-electron chi connectivity index (χ0n) is 21.8. The summed E-state index contributed by atoms with van der Waals surface area (Å²) in [6.07, 6.45) is 9.63. The van der Waals surface area contributed by atoms with Gasteiger partial charge >= 0.3 is 0 Å². The summed E-state index contributed by atoms with van der Waals surface area (Å²) < 4.78 is 1.82. The fourth-order valence-corrected chi connectivity index (χ4v) is 6.11. The van der Waals surface area contributed by atoms with E-state index in [9.17, 15) is 9.59 Å². The maximum Gasteiger partial charge on any atom is 0.229 e. The third-order valence-corrected chi connectivity index (χ3v) is 8.17. The van der Waals surface area contributed by atoms with Crippen molar-refractivity contribution in [3.8, 4) is 0 Å². The highest BCUT2D eigenvalue weighted by molar-refractivity contribution is 5.93. The summed E-state index contributed by atoms with van der Waals surface area (Å²) in [7, 11) is 1.91. The number of piperidine rings is 1. The molecule has 2 amide bonds. The van der Waals surface area contributed by atoms with E-state index in [-0.39, 0.29) is 23.7 Å². The van der Waals surface area contributed by atoms with Crippen LogP contribution in [0.3, 0.4) is 0 Å². The highest BCUT2D eigenvalue weighted by Gasteiger charge is 2.37. The molecule has 2 N–H and O–H groups in total. The first-order valence-electron chi connectivity index (χ1n) is 13.7. The van der Waals surface area contributed by atoms with E-state index >= 15 is 0 Å². The van der Waals surface area contributed by atoms with E-state index < -0.39 is 0 Å². The topological polar surface area (TPSA) is 95.9 Å². The van der Waals surface area contributed by atoms with Crippen molar-refractivity contribution in [2.24, 2.45) is 13.0 Å². The summed E-state index contributed by atoms with van der Waals surface area (Å²) >= 11 is 0. The number of nitrogens with zero attached hydrogens (tertiary/aromatic N) is 4. The minimum Gasteiger partial charge on any atom is -0.346 e. The van der Waals surface area contributed by atoms with Crippen LogP contribution in [0.25, 0.3) is 11.0 Å². The van der Waals surface area contributed by atoms with E-state index in [0.29, 0.717) is 32.4 Å². The molecule has 0 unspecified atom stereocenters. The van der Waals surface area contributed by atoms with Crippen molar-refractivity contribution in [1.29, 1.82) is 0 Å². The predicted octanol–water partition coefficient (Wildman–Crippen LogP) is 4.38. The molecule has 4 aromatic rings. The van der Waals surface area contributed by atoms with Crippen LogP contribution in [0.5, 0.6) is 0 Å². The molecule has 196 valence electrons. The Morgan fingerprint density at radius 3 is 2.84 bits per heavy atom. The number of aromatic amines is 1. The van der Waals surface area contributed by atoms with Gasteiger partial charge in [-0.25, -0.2) is 4.98 Å². The molecule has 1 aliphatic carbocycles. The number of H-pyrrole nitrogens is 1. The molecular formula is C30H34N6O2. The van der Waals surface area contributed by atoms with Crippen LogP contribution in [-0.4, -0.2) is 49.6 Å². The number of pyridine rings is 1. The van der Waals surface area contributed by atoms with Crippen molar-refractivity contribution >= 4 is 28.7 Å². The largest absolute Gasteiger partial charge is 0.346 e. The van der Waals surface area contributed by atoms with Gasteiger partial charge < -0.3 is 15.2 Å². The van der Waals surface area contributed by atoms with Crippen LogP contribution in [-0.2, 0) is 35.9 Å². The lowest BCUT2D eigenvalue weighted by atomic mass is 9.80. The Morgan fingerprint density at radius 1 is 1.13 bits per heavy atom. The van der Waals surface area contributed by atoms with Crippen molar-refractivity contribution in [2.75, 3.05) is 18.4 Å². The molecule has 3 aromatic heterocycles. The van der Waals surface area contributed by atoms with E-state index in [2.05, 4.69) is 38.6 Å². The van der Waals surface area contributed by atoms with Crippen molar-refractivity contribution in [1.82, 2.24) is 24.6 Å². The minimum absolute atomic E-state index is 0.0215. The zero-order valence-corrected chi connectivity index (χ0v) is 21.8. The number of carbonyl (C=O) groups excluding carboxylic acids is 2. The van der Waals surface area contributed by atoms with Crippen molar-refractivity contribution < 1.29 is 9.59 Å².